The van der Waals surface area contributed by atoms with Crippen molar-refractivity contribution in [2.75, 3.05) is 17.7 Å². The molecule has 2 aromatic carbocycles. The molecule has 0 saturated carbocycles. The van der Waals surface area contributed by atoms with Crippen molar-refractivity contribution in [2.45, 2.75) is 32.6 Å². The Morgan fingerprint density at radius 2 is 1.57 bits per heavy atom. The normalized spacial score (nSPS) is 10.6. The van der Waals surface area contributed by atoms with E-state index < -0.39 is 0 Å². The number of nitrogens with zero attached hydrogens (tertiary/aromatic N) is 2. The summed E-state index contributed by atoms with van der Waals surface area (Å²) in [6.45, 7) is 2.00. The Morgan fingerprint density at radius 1 is 0.933 bits per heavy atom. The van der Waals surface area contributed by atoms with Crippen LogP contribution in [-0.2, 0) is 11.2 Å². The fourth-order valence-corrected chi connectivity index (χ4v) is 3.31. The summed E-state index contributed by atoms with van der Waals surface area (Å²) in [6.07, 6.45) is 3.99. The van der Waals surface area contributed by atoms with Crippen molar-refractivity contribution in [3.8, 4) is 11.1 Å². The van der Waals surface area contributed by atoms with Crippen LogP contribution in [0.2, 0.25) is 0 Å². The maximum atomic E-state index is 12.5. The molecule has 1 aromatic heterocycles. The van der Waals surface area contributed by atoms with Gasteiger partial charge in [-0.05, 0) is 47.7 Å². The van der Waals surface area contributed by atoms with E-state index in [1.165, 1.54) is 0 Å². The number of carbonyl (C=O) groups excluding carboxylic acids is 2. The number of amides is 1. The minimum atomic E-state index is 0.0798. The number of carbonyl (C=O) groups is 2. The average molecular weight is 402 g/mol. The molecule has 0 radical (unpaired) electrons. The van der Waals surface area contributed by atoms with E-state index >= 15 is 0 Å². The Labute approximate surface area is 177 Å². The molecule has 0 spiro atoms. The van der Waals surface area contributed by atoms with E-state index in [2.05, 4.69) is 4.98 Å². The minimum Gasteiger partial charge on any atom is -0.383 e. The average Bonchev–Trinajstić information content (AvgIpc) is 2.78. The molecule has 0 aliphatic carbocycles. The van der Waals surface area contributed by atoms with Crippen molar-refractivity contribution in [1.29, 1.82) is 0 Å². The maximum Gasteiger partial charge on any atom is 0.226 e. The first-order valence-corrected chi connectivity index (χ1v) is 10.2. The number of hydrogen-bond donors (Lipinski definition) is 1. The Bertz CT molecular complexity index is 1010. The summed E-state index contributed by atoms with van der Waals surface area (Å²) < 4.78 is 0. The molecule has 1 amide bonds. The summed E-state index contributed by atoms with van der Waals surface area (Å²) in [5.41, 5.74) is 10.4. The van der Waals surface area contributed by atoms with Gasteiger partial charge < -0.3 is 10.6 Å². The number of ketones is 1. The molecule has 5 nitrogen and oxygen atoms in total. The number of nitrogens with two attached hydrogens (primary N) is 1. The standard InChI is InChI=1S/C25H27N3O2/c1-3-5-24(30)28(2)22-14-11-19(12-15-22)18-7-9-20(10-8-18)23(29)16-13-21-6-4-17-27-25(21)26/h4,6-12,14-15,17H,3,5,13,16H2,1-2H3,(H2,26,27). The number of Topliss-reactive ketones (excluding diaryl/α,β-unsaturated/α-hetero) is 1. The molecule has 1 heterocycles. The summed E-state index contributed by atoms with van der Waals surface area (Å²) in [5.74, 6) is 0.670. The predicted octanol–water partition coefficient (Wildman–Crippen LogP) is 4.91. The number of pyridine rings is 1. The molecule has 0 bridgehead atoms. The number of aryl methyl sites for hydroxylation is 1. The van der Waals surface area contributed by atoms with Gasteiger partial charge in [-0.3, -0.25) is 9.59 Å². The molecule has 0 unspecified atom stereocenters. The fraction of sp³-hybridized carbons (Fsp3) is 0.240. The first kappa shape index (κ1) is 21.2. The number of benzene rings is 2. The molecule has 0 atom stereocenters. The Hall–Kier alpha value is -3.47. The van der Waals surface area contributed by atoms with Crippen LogP contribution in [-0.4, -0.2) is 23.7 Å². The van der Waals surface area contributed by atoms with Gasteiger partial charge in [-0.1, -0.05) is 49.4 Å². The zero-order valence-electron chi connectivity index (χ0n) is 17.5. The third kappa shape index (κ3) is 5.11. The summed E-state index contributed by atoms with van der Waals surface area (Å²) in [5, 5.41) is 0. The number of nitrogen functional groups attached to an aromatic ring is 1. The van der Waals surface area contributed by atoms with Crippen LogP contribution in [0, 0.1) is 0 Å². The predicted molar refractivity (Wildman–Crippen MR) is 121 cm³/mol. The van der Waals surface area contributed by atoms with E-state index in [4.69, 9.17) is 5.73 Å². The van der Waals surface area contributed by atoms with E-state index in [0.29, 0.717) is 30.6 Å². The van der Waals surface area contributed by atoms with Gasteiger partial charge in [0, 0.05) is 37.3 Å². The summed E-state index contributed by atoms with van der Waals surface area (Å²) in [7, 11) is 1.80. The molecule has 3 aromatic rings. The van der Waals surface area contributed by atoms with Gasteiger partial charge in [0.1, 0.15) is 5.82 Å². The first-order chi connectivity index (χ1) is 14.5. The van der Waals surface area contributed by atoms with Gasteiger partial charge in [0.2, 0.25) is 5.91 Å². The van der Waals surface area contributed by atoms with E-state index in [1.807, 2.05) is 67.6 Å². The van der Waals surface area contributed by atoms with Crippen molar-refractivity contribution in [1.82, 2.24) is 4.98 Å². The van der Waals surface area contributed by atoms with Gasteiger partial charge in [-0.25, -0.2) is 4.98 Å². The van der Waals surface area contributed by atoms with Gasteiger partial charge in [0.25, 0.3) is 0 Å². The highest BCUT2D eigenvalue weighted by Crippen LogP contribution is 2.24. The second-order valence-electron chi connectivity index (χ2n) is 7.30. The number of hydrogen-bond acceptors (Lipinski definition) is 4. The summed E-state index contributed by atoms with van der Waals surface area (Å²) in [4.78, 5) is 30.3. The van der Waals surface area contributed by atoms with Crippen LogP contribution in [0.25, 0.3) is 11.1 Å². The first-order valence-electron chi connectivity index (χ1n) is 10.2. The third-order valence-electron chi connectivity index (χ3n) is 5.18. The SMILES string of the molecule is CCCC(=O)N(C)c1ccc(-c2ccc(C(=O)CCc3cccnc3N)cc2)cc1. The summed E-state index contributed by atoms with van der Waals surface area (Å²) >= 11 is 0. The van der Waals surface area contributed by atoms with Crippen LogP contribution in [0.3, 0.4) is 0 Å². The van der Waals surface area contributed by atoms with Crippen molar-refractivity contribution < 1.29 is 9.59 Å². The number of anilines is 2. The van der Waals surface area contributed by atoms with E-state index in [1.54, 1.807) is 18.1 Å². The maximum absolute atomic E-state index is 12.5. The topological polar surface area (TPSA) is 76.3 Å². The van der Waals surface area contributed by atoms with Gasteiger partial charge >= 0.3 is 0 Å². The Kier molecular flexibility index (Phi) is 6.96. The molecule has 0 fully saturated rings. The third-order valence-corrected chi connectivity index (χ3v) is 5.18. The van der Waals surface area contributed by atoms with Crippen molar-refractivity contribution >= 4 is 23.2 Å². The van der Waals surface area contributed by atoms with Crippen LogP contribution >= 0.6 is 0 Å². The van der Waals surface area contributed by atoms with Crippen molar-refractivity contribution in [3.05, 3.63) is 78.0 Å². The lowest BCUT2D eigenvalue weighted by Gasteiger charge is -2.17. The lowest BCUT2D eigenvalue weighted by Crippen LogP contribution is -2.25. The molecule has 3 rings (SSSR count). The molecule has 5 heteroatoms. The lowest BCUT2D eigenvalue weighted by molar-refractivity contribution is -0.118. The highest BCUT2D eigenvalue weighted by Gasteiger charge is 2.11. The van der Waals surface area contributed by atoms with Crippen LogP contribution < -0.4 is 10.6 Å². The van der Waals surface area contributed by atoms with Crippen molar-refractivity contribution in [2.24, 2.45) is 0 Å². The quantitative estimate of drug-likeness (QED) is 0.544. The molecule has 0 saturated heterocycles. The number of rotatable bonds is 8. The molecule has 0 aliphatic rings. The van der Waals surface area contributed by atoms with Gasteiger partial charge in [0.05, 0.1) is 0 Å². The second kappa shape index (κ2) is 9.83. The monoisotopic (exact) mass is 401 g/mol. The lowest BCUT2D eigenvalue weighted by atomic mass is 9.99. The molecular formula is C25H27N3O2. The van der Waals surface area contributed by atoms with E-state index in [-0.39, 0.29) is 11.7 Å². The molecule has 0 aliphatic heterocycles. The second-order valence-corrected chi connectivity index (χ2v) is 7.30. The van der Waals surface area contributed by atoms with Crippen molar-refractivity contribution in [3.63, 3.8) is 0 Å². The Morgan fingerprint density at radius 3 is 2.17 bits per heavy atom. The highest BCUT2D eigenvalue weighted by atomic mass is 16.2. The zero-order valence-corrected chi connectivity index (χ0v) is 17.5. The smallest absolute Gasteiger partial charge is 0.226 e. The van der Waals surface area contributed by atoms with Crippen LogP contribution in [0.15, 0.2) is 66.9 Å². The Balaban J connectivity index is 1.64. The number of aromatic nitrogens is 1. The summed E-state index contributed by atoms with van der Waals surface area (Å²) in [6, 6.07) is 19.2. The van der Waals surface area contributed by atoms with Gasteiger partial charge in [-0.2, -0.15) is 0 Å². The molecular weight excluding hydrogens is 374 g/mol. The van der Waals surface area contributed by atoms with E-state index in [0.717, 1.165) is 28.8 Å². The van der Waals surface area contributed by atoms with Gasteiger partial charge in [-0.15, -0.1) is 0 Å². The van der Waals surface area contributed by atoms with Gasteiger partial charge in [0.15, 0.2) is 5.78 Å². The van der Waals surface area contributed by atoms with Crippen LogP contribution in [0.1, 0.15) is 42.1 Å². The highest BCUT2D eigenvalue weighted by molar-refractivity contribution is 5.96. The molecule has 2 N–H and O–H groups in total. The zero-order chi connectivity index (χ0) is 21.5. The van der Waals surface area contributed by atoms with Crippen LogP contribution in [0.4, 0.5) is 11.5 Å². The minimum absolute atomic E-state index is 0.0798. The van der Waals surface area contributed by atoms with E-state index in [9.17, 15) is 9.59 Å². The van der Waals surface area contributed by atoms with Crippen LogP contribution in [0.5, 0.6) is 0 Å². The largest absolute Gasteiger partial charge is 0.383 e. The molecule has 154 valence electrons. The fourth-order valence-electron chi connectivity index (χ4n) is 3.31. The molecule has 30 heavy (non-hydrogen) atoms.